The summed E-state index contributed by atoms with van der Waals surface area (Å²) < 4.78 is 16.7. The Morgan fingerprint density at radius 2 is 0.702 bits per heavy atom. The molecule has 0 aromatic rings. The van der Waals surface area contributed by atoms with Crippen LogP contribution in [-0.2, 0) is 28.6 Å². The van der Waals surface area contributed by atoms with E-state index in [1.54, 1.807) is 0 Å². The maximum Gasteiger partial charge on any atom is 0.306 e. The van der Waals surface area contributed by atoms with Crippen molar-refractivity contribution in [1.82, 2.24) is 0 Å². The standard InChI is InChI=1S/C51H88O6/c1-4-7-10-13-16-19-22-24-25-27-30-32-35-38-41-44-50(53)56-47-48(57-51(54)45-42-39-36-33-28-21-18-15-12-9-6-3)46-55-49(52)43-40-37-34-31-29-26-23-20-17-14-11-8-5-2/h7,10,15-16,18-19,24-25,30,32,48H,4-6,8-9,11-14,17,20-23,26-29,31,33-47H2,1-3H3/b10-7-,18-15-,19-16-,25-24-,32-30-/t48-/m0/s1. The van der Waals surface area contributed by atoms with Gasteiger partial charge in [-0.2, -0.15) is 0 Å². The van der Waals surface area contributed by atoms with Gasteiger partial charge >= 0.3 is 17.9 Å². The Morgan fingerprint density at radius 1 is 0.368 bits per heavy atom. The SMILES string of the molecule is CC/C=C\C/C=C\C/C=C\C/C=C\CCCCC(=O)OC[C@H](COC(=O)CCCCCCCCCCCCCCC)OC(=O)CCCCCCC/C=C\CCCC. The van der Waals surface area contributed by atoms with E-state index in [0.717, 1.165) is 96.3 Å². The minimum absolute atomic E-state index is 0.0894. The van der Waals surface area contributed by atoms with Crippen LogP contribution >= 0.6 is 0 Å². The summed E-state index contributed by atoms with van der Waals surface area (Å²) in [4.78, 5) is 37.8. The van der Waals surface area contributed by atoms with Gasteiger partial charge in [0.1, 0.15) is 13.2 Å². The van der Waals surface area contributed by atoms with Gasteiger partial charge in [0, 0.05) is 19.3 Å². The van der Waals surface area contributed by atoms with E-state index in [1.807, 2.05) is 0 Å². The molecule has 0 spiro atoms. The highest BCUT2D eigenvalue weighted by Crippen LogP contribution is 2.14. The van der Waals surface area contributed by atoms with Crippen molar-refractivity contribution in [1.29, 1.82) is 0 Å². The van der Waals surface area contributed by atoms with Gasteiger partial charge in [-0.1, -0.05) is 191 Å². The largest absolute Gasteiger partial charge is 0.462 e. The zero-order chi connectivity index (χ0) is 41.5. The van der Waals surface area contributed by atoms with Gasteiger partial charge in [-0.15, -0.1) is 0 Å². The first-order valence-corrected chi connectivity index (χ1v) is 23.8. The Kier molecular flexibility index (Phi) is 43.5. The fourth-order valence-electron chi connectivity index (χ4n) is 6.41. The van der Waals surface area contributed by atoms with Crippen molar-refractivity contribution < 1.29 is 28.6 Å². The number of rotatable bonds is 42. The quantitative estimate of drug-likeness (QED) is 0.0265. The van der Waals surface area contributed by atoms with E-state index >= 15 is 0 Å². The summed E-state index contributed by atoms with van der Waals surface area (Å²) in [7, 11) is 0. The molecule has 0 rings (SSSR count). The van der Waals surface area contributed by atoms with Crippen LogP contribution in [0.3, 0.4) is 0 Å². The van der Waals surface area contributed by atoms with Gasteiger partial charge in [0.05, 0.1) is 0 Å². The van der Waals surface area contributed by atoms with Gasteiger partial charge in [-0.05, 0) is 77.0 Å². The molecule has 0 radical (unpaired) electrons. The predicted octanol–water partition coefficient (Wildman–Crippen LogP) is 15.3. The molecular weight excluding hydrogens is 709 g/mol. The van der Waals surface area contributed by atoms with E-state index in [2.05, 4.69) is 81.5 Å². The molecule has 6 heteroatoms. The number of carbonyl (C=O) groups is 3. The molecule has 0 heterocycles. The van der Waals surface area contributed by atoms with Crippen LogP contribution in [0.1, 0.15) is 226 Å². The van der Waals surface area contributed by atoms with Crippen molar-refractivity contribution in [2.24, 2.45) is 0 Å². The highest BCUT2D eigenvalue weighted by Gasteiger charge is 2.19. The van der Waals surface area contributed by atoms with Crippen molar-refractivity contribution in [3.63, 3.8) is 0 Å². The van der Waals surface area contributed by atoms with E-state index in [1.165, 1.54) is 89.9 Å². The molecule has 0 unspecified atom stereocenters. The first-order valence-electron chi connectivity index (χ1n) is 23.8. The van der Waals surface area contributed by atoms with Gasteiger partial charge < -0.3 is 14.2 Å². The highest BCUT2D eigenvalue weighted by atomic mass is 16.6. The van der Waals surface area contributed by atoms with Crippen molar-refractivity contribution >= 4 is 17.9 Å². The summed E-state index contributed by atoms with van der Waals surface area (Å²) in [5, 5.41) is 0. The third kappa shape index (κ3) is 44.1. The van der Waals surface area contributed by atoms with Gasteiger partial charge in [0.2, 0.25) is 0 Å². The molecule has 57 heavy (non-hydrogen) atoms. The minimum Gasteiger partial charge on any atom is -0.462 e. The highest BCUT2D eigenvalue weighted by molar-refractivity contribution is 5.71. The van der Waals surface area contributed by atoms with E-state index in [0.29, 0.717) is 19.3 Å². The Balaban J connectivity index is 4.44. The molecule has 328 valence electrons. The van der Waals surface area contributed by atoms with E-state index < -0.39 is 6.10 Å². The van der Waals surface area contributed by atoms with Gasteiger partial charge in [0.25, 0.3) is 0 Å². The number of unbranched alkanes of at least 4 members (excludes halogenated alkanes) is 21. The van der Waals surface area contributed by atoms with Crippen LogP contribution in [0.15, 0.2) is 60.8 Å². The number of hydrogen-bond donors (Lipinski definition) is 0. The van der Waals surface area contributed by atoms with Crippen molar-refractivity contribution in [2.45, 2.75) is 232 Å². The molecule has 0 aliphatic heterocycles. The second-order valence-corrected chi connectivity index (χ2v) is 15.6. The molecule has 0 aliphatic carbocycles. The van der Waals surface area contributed by atoms with Gasteiger partial charge in [-0.25, -0.2) is 0 Å². The summed E-state index contributed by atoms with van der Waals surface area (Å²) in [6, 6.07) is 0. The van der Waals surface area contributed by atoms with Crippen LogP contribution in [-0.4, -0.2) is 37.2 Å². The molecule has 1 atom stereocenters. The topological polar surface area (TPSA) is 78.9 Å². The fourth-order valence-corrected chi connectivity index (χ4v) is 6.41. The average Bonchev–Trinajstić information content (AvgIpc) is 3.21. The molecule has 0 fully saturated rings. The molecule has 0 aromatic heterocycles. The number of hydrogen-bond acceptors (Lipinski definition) is 6. The van der Waals surface area contributed by atoms with Crippen LogP contribution in [0.5, 0.6) is 0 Å². The molecule has 0 bridgehead atoms. The zero-order valence-electron chi connectivity index (χ0n) is 37.3. The number of ether oxygens (including phenoxy) is 3. The van der Waals surface area contributed by atoms with Gasteiger partial charge in [0.15, 0.2) is 6.10 Å². The van der Waals surface area contributed by atoms with Crippen molar-refractivity contribution in [3.8, 4) is 0 Å². The van der Waals surface area contributed by atoms with E-state index in [4.69, 9.17) is 14.2 Å². The second-order valence-electron chi connectivity index (χ2n) is 15.6. The third-order valence-electron chi connectivity index (χ3n) is 10.0. The smallest absolute Gasteiger partial charge is 0.306 e. The summed E-state index contributed by atoms with van der Waals surface area (Å²) >= 11 is 0. The molecule has 0 saturated carbocycles. The van der Waals surface area contributed by atoms with E-state index in [9.17, 15) is 14.4 Å². The lowest BCUT2D eigenvalue weighted by Gasteiger charge is -2.18. The monoisotopic (exact) mass is 797 g/mol. The van der Waals surface area contributed by atoms with Crippen LogP contribution in [0, 0.1) is 0 Å². The summed E-state index contributed by atoms with van der Waals surface area (Å²) in [6.45, 7) is 6.43. The first-order chi connectivity index (χ1) is 28.0. The lowest BCUT2D eigenvalue weighted by molar-refractivity contribution is -0.167. The Labute approximate surface area is 351 Å². The lowest BCUT2D eigenvalue weighted by Crippen LogP contribution is -2.30. The van der Waals surface area contributed by atoms with E-state index in [-0.39, 0.29) is 31.1 Å². The molecule has 0 amide bonds. The van der Waals surface area contributed by atoms with Gasteiger partial charge in [-0.3, -0.25) is 14.4 Å². The minimum atomic E-state index is -0.791. The summed E-state index contributed by atoms with van der Waals surface area (Å²) in [5.74, 6) is -0.943. The zero-order valence-corrected chi connectivity index (χ0v) is 37.3. The van der Waals surface area contributed by atoms with Crippen molar-refractivity contribution in [2.75, 3.05) is 13.2 Å². The molecule has 6 nitrogen and oxygen atoms in total. The lowest BCUT2D eigenvalue weighted by atomic mass is 10.0. The maximum absolute atomic E-state index is 12.7. The number of esters is 3. The maximum atomic E-state index is 12.7. The van der Waals surface area contributed by atoms with Crippen LogP contribution in [0.25, 0.3) is 0 Å². The molecule has 0 saturated heterocycles. The summed E-state index contributed by atoms with van der Waals surface area (Å²) in [5.41, 5.74) is 0. The van der Waals surface area contributed by atoms with Crippen LogP contribution in [0.2, 0.25) is 0 Å². The average molecular weight is 797 g/mol. The molecule has 0 aliphatic rings. The first kappa shape index (κ1) is 54.1. The third-order valence-corrected chi connectivity index (χ3v) is 10.0. The fraction of sp³-hybridized carbons (Fsp3) is 0.745. The Morgan fingerprint density at radius 3 is 1.18 bits per heavy atom. The Hall–Kier alpha value is -2.89. The molecule has 0 N–H and O–H groups in total. The van der Waals surface area contributed by atoms with Crippen molar-refractivity contribution in [3.05, 3.63) is 60.8 Å². The number of allylic oxidation sites excluding steroid dienone is 10. The molecular formula is C51H88O6. The number of carbonyl (C=O) groups excluding carboxylic acids is 3. The normalized spacial score (nSPS) is 12.5. The Bertz CT molecular complexity index is 1050. The van der Waals surface area contributed by atoms with Crippen LogP contribution < -0.4 is 0 Å². The van der Waals surface area contributed by atoms with Crippen LogP contribution in [0.4, 0.5) is 0 Å². The summed E-state index contributed by atoms with van der Waals surface area (Å²) in [6.07, 6.45) is 54.9. The predicted molar refractivity (Wildman–Crippen MR) is 242 cm³/mol. The second kappa shape index (κ2) is 45.8. The molecule has 0 aromatic carbocycles.